The zero-order valence-electron chi connectivity index (χ0n) is 5.44. The van der Waals surface area contributed by atoms with Crippen molar-refractivity contribution in [1.29, 1.82) is 0 Å². The van der Waals surface area contributed by atoms with Crippen LogP contribution in [0.5, 0.6) is 0 Å². The molecule has 0 aromatic carbocycles. The minimum Gasteiger partial charge on any atom is -0.759 e. The molecule has 0 atom stereocenters. The predicted molar refractivity (Wildman–Crippen MR) is 20.9 cm³/mol. The van der Waals surface area contributed by atoms with E-state index in [-0.39, 0.29) is 35.9 Å². The van der Waals surface area contributed by atoms with Crippen molar-refractivity contribution in [3.63, 3.8) is 0 Å². The quantitative estimate of drug-likeness (QED) is 0.235. The van der Waals surface area contributed by atoms with Crippen LogP contribution in [-0.2, 0) is 37.9 Å². The van der Waals surface area contributed by atoms with Gasteiger partial charge in [0, 0.05) is 20.8 Å². The standard InChI is InChI=1S/Fe.Li.2H2O4S/c;;2*1-5(2,3)4/h;;2*(H2,1,2,3,4)/q+3;+1;;/p-4. The third-order valence-corrected chi connectivity index (χ3v) is 0. The molecule has 0 bridgehead atoms. The molecule has 1 radical (unpaired) electrons. The minimum absolute atomic E-state index is 0. The summed E-state index contributed by atoms with van der Waals surface area (Å²) in [7, 11) is -10.3. The summed E-state index contributed by atoms with van der Waals surface area (Å²) in [6.07, 6.45) is 0. The van der Waals surface area contributed by atoms with Crippen LogP contribution < -0.4 is 18.9 Å². The van der Waals surface area contributed by atoms with E-state index in [2.05, 4.69) is 0 Å². The van der Waals surface area contributed by atoms with Gasteiger partial charge in [0.1, 0.15) is 0 Å². The van der Waals surface area contributed by atoms with E-state index < -0.39 is 20.8 Å². The van der Waals surface area contributed by atoms with Gasteiger partial charge in [-0.1, -0.05) is 0 Å². The molecule has 69 valence electrons. The average Bonchev–Trinajstić information content (AvgIpc) is 1.12. The topological polar surface area (TPSA) is 161 Å². The Bertz CT molecular complexity index is 213. The smallest absolute Gasteiger partial charge is 0.759 e. The predicted octanol–water partition coefficient (Wildman–Crippen LogP) is -5.67. The Kier molecular flexibility index (Phi) is 16.2. The van der Waals surface area contributed by atoms with Crippen molar-refractivity contribution in [2.45, 2.75) is 0 Å². The van der Waals surface area contributed by atoms with E-state index in [1.165, 1.54) is 0 Å². The Morgan fingerprint density at radius 1 is 0.667 bits per heavy atom. The molecule has 0 aliphatic rings. The molecular weight excluding hydrogens is 255 g/mol. The second-order valence-corrected chi connectivity index (χ2v) is 2.45. The molecule has 12 heteroatoms. The number of rotatable bonds is 0. The molecule has 0 amide bonds. The molecule has 12 heavy (non-hydrogen) atoms. The second-order valence-electron chi connectivity index (χ2n) is 0.816. The van der Waals surface area contributed by atoms with Gasteiger partial charge in [0.2, 0.25) is 0 Å². The zero-order valence-corrected chi connectivity index (χ0v) is 8.17. The van der Waals surface area contributed by atoms with E-state index in [0.29, 0.717) is 0 Å². The summed E-state index contributed by atoms with van der Waals surface area (Å²) in [5.41, 5.74) is 0. The van der Waals surface area contributed by atoms with Crippen molar-refractivity contribution in [3.05, 3.63) is 0 Å². The van der Waals surface area contributed by atoms with E-state index in [1.807, 2.05) is 0 Å². The number of hydrogen-bond donors (Lipinski definition) is 0. The van der Waals surface area contributed by atoms with Gasteiger partial charge in [-0.3, -0.25) is 16.8 Å². The molecule has 0 saturated carbocycles. The molecule has 0 aromatic rings. The van der Waals surface area contributed by atoms with Gasteiger partial charge in [0.15, 0.2) is 0 Å². The Balaban J connectivity index is -0.0000000457. The Labute approximate surface area is 91.5 Å². The third kappa shape index (κ3) is 1440. The molecular formula is FeLiO8S2. The van der Waals surface area contributed by atoms with Crippen LogP contribution in [0.3, 0.4) is 0 Å². The van der Waals surface area contributed by atoms with Gasteiger partial charge in [-0.15, -0.1) is 0 Å². The summed E-state index contributed by atoms with van der Waals surface area (Å²) in [5, 5.41) is 0. The first-order valence-electron chi connectivity index (χ1n) is 1.33. The van der Waals surface area contributed by atoms with Crippen molar-refractivity contribution in [2.75, 3.05) is 0 Å². The fourth-order valence-electron chi connectivity index (χ4n) is 0. The summed E-state index contributed by atoms with van der Waals surface area (Å²) in [4.78, 5) is 0. The molecule has 0 heterocycles. The van der Waals surface area contributed by atoms with Crippen LogP contribution >= 0.6 is 0 Å². The first-order valence-corrected chi connectivity index (χ1v) is 4.00. The van der Waals surface area contributed by atoms with Crippen molar-refractivity contribution in [3.8, 4) is 0 Å². The molecule has 0 rings (SSSR count). The van der Waals surface area contributed by atoms with Gasteiger partial charge in [0.05, 0.1) is 0 Å². The van der Waals surface area contributed by atoms with Crippen LogP contribution in [0, 0.1) is 0 Å². The van der Waals surface area contributed by atoms with Gasteiger partial charge in [0.25, 0.3) is 0 Å². The molecule has 0 N–H and O–H groups in total. The van der Waals surface area contributed by atoms with E-state index in [9.17, 15) is 0 Å². The van der Waals surface area contributed by atoms with Crippen molar-refractivity contribution >= 4 is 20.8 Å². The van der Waals surface area contributed by atoms with Gasteiger partial charge >= 0.3 is 35.9 Å². The van der Waals surface area contributed by atoms with Crippen molar-refractivity contribution < 1.29 is 71.0 Å². The summed E-state index contributed by atoms with van der Waals surface area (Å²) in [5.74, 6) is 0. The summed E-state index contributed by atoms with van der Waals surface area (Å²) in [6, 6.07) is 0. The average molecular weight is 255 g/mol. The van der Waals surface area contributed by atoms with Gasteiger partial charge in [-0.25, -0.2) is 0 Å². The maximum absolute atomic E-state index is 8.52. The van der Waals surface area contributed by atoms with Gasteiger partial charge in [-0.05, 0) is 0 Å². The molecule has 0 unspecified atom stereocenters. The van der Waals surface area contributed by atoms with Crippen LogP contribution in [0.2, 0.25) is 0 Å². The zero-order chi connectivity index (χ0) is 9.00. The fraction of sp³-hybridized carbons (Fsp3) is 0. The van der Waals surface area contributed by atoms with Gasteiger partial charge < -0.3 is 18.2 Å². The fourth-order valence-corrected chi connectivity index (χ4v) is 0. The summed E-state index contributed by atoms with van der Waals surface area (Å²) < 4.78 is 68.2. The van der Waals surface area contributed by atoms with Gasteiger partial charge in [-0.2, -0.15) is 0 Å². The van der Waals surface area contributed by atoms with Crippen LogP contribution in [0.25, 0.3) is 0 Å². The van der Waals surface area contributed by atoms with Crippen LogP contribution in [0.15, 0.2) is 0 Å². The third-order valence-electron chi connectivity index (χ3n) is 0. The Morgan fingerprint density at radius 2 is 0.667 bits per heavy atom. The molecule has 0 fully saturated rings. The van der Waals surface area contributed by atoms with Crippen LogP contribution in [0.4, 0.5) is 0 Å². The van der Waals surface area contributed by atoms with Crippen molar-refractivity contribution in [1.82, 2.24) is 0 Å². The first kappa shape index (κ1) is 23.0. The van der Waals surface area contributed by atoms with E-state index in [4.69, 9.17) is 35.0 Å². The van der Waals surface area contributed by atoms with E-state index in [1.54, 1.807) is 0 Å². The minimum atomic E-state index is -5.17. The molecule has 8 nitrogen and oxygen atoms in total. The Hall–Kier alpha value is 0.857. The monoisotopic (exact) mass is 255 g/mol. The largest absolute Gasteiger partial charge is 3.00 e. The summed E-state index contributed by atoms with van der Waals surface area (Å²) >= 11 is 0. The second kappa shape index (κ2) is 8.45. The SMILES string of the molecule is O=S(=O)([O-])[O-].O=S(=O)([O-])[O-].[Fe+3].[Li+]. The molecule has 0 aliphatic carbocycles. The molecule has 0 saturated heterocycles. The number of hydrogen-bond acceptors (Lipinski definition) is 8. The van der Waals surface area contributed by atoms with Crippen LogP contribution in [0.1, 0.15) is 0 Å². The maximum Gasteiger partial charge on any atom is 3.00 e. The normalized spacial score (nSPS) is 9.67. The van der Waals surface area contributed by atoms with E-state index in [0.717, 1.165) is 0 Å². The van der Waals surface area contributed by atoms with Crippen molar-refractivity contribution in [2.24, 2.45) is 0 Å². The van der Waals surface area contributed by atoms with E-state index >= 15 is 0 Å². The Morgan fingerprint density at radius 3 is 0.667 bits per heavy atom. The first-order chi connectivity index (χ1) is 4.00. The molecule has 0 aromatic heterocycles. The summed E-state index contributed by atoms with van der Waals surface area (Å²) in [6.45, 7) is 0. The maximum atomic E-state index is 8.52. The van der Waals surface area contributed by atoms with Crippen LogP contribution in [-0.4, -0.2) is 35.0 Å². The molecule has 0 spiro atoms. The molecule has 0 aliphatic heterocycles.